The predicted molar refractivity (Wildman–Crippen MR) is 93.1 cm³/mol. The molecule has 2 aliphatic rings. The summed E-state index contributed by atoms with van der Waals surface area (Å²) in [6.45, 7) is 0.727. The van der Waals surface area contributed by atoms with E-state index in [2.05, 4.69) is 26.7 Å². The molecule has 8 heteroatoms. The summed E-state index contributed by atoms with van der Waals surface area (Å²) >= 11 is 0. The monoisotopic (exact) mass is 346 g/mol. The van der Waals surface area contributed by atoms with Gasteiger partial charge in [-0.3, -0.25) is 9.89 Å². The fourth-order valence-corrected chi connectivity index (χ4v) is 3.56. The van der Waals surface area contributed by atoms with Gasteiger partial charge >= 0.3 is 0 Å². The van der Waals surface area contributed by atoms with Crippen molar-refractivity contribution in [1.29, 1.82) is 5.26 Å². The van der Waals surface area contributed by atoms with Crippen molar-refractivity contribution >= 4 is 22.5 Å². The topological polar surface area (TPSA) is 107 Å². The number of fused-ring (bicyclic) bond motifs is 2. The fourth-order valence-electron chi connectivity index (χ4n) is 3.56. The standard InChI is InChI=1S/C18H14N6O2/c19-10-24-7-6-18(9-24)17(25)22-15-5-4-13(21-16(15)26-18)11-2-1-3-14-12(11)8-20-23-14/h1-5,8H,6-7,9H2,(H,20,23)(H,22,25). The van der Waals surface area contributed by atoms with Crippen LogP contribution in [0.5, 0.6) is 5.88 Å². The molecule has 3 aromatic rings. The molecule has 128 valence electrons. The average Bonchev–Trinajstić information content (AvgIpc) is 3.29. The molecule has 8 nitrogen and oxygen atoms in total. The first-order valence-corrected chi connectivity index (χ1v) is 8.27. The van der Waals surface area contributed by atoms with E-state index in [4.69, 9.17) is 10.00 Å². The van der Waals surface area contributed by atoms with Crippen LogP contribution in [0.4, 0.5) is 5.69 Å². The number of aromatic amines is 1. The number of nitriles is 1. The first-order valence-electron chi connectivity index (χ1n) is 8.27. The highest BCUT2D eigenvalue weighted by molar-refractivity contribution is 6.01. The minimum atomic E-state index is -1.06. The Morgan fingerprint density at radius 2 is 2.23 bits per heavy atom. The summed E-state index contributed by atoms with van der Waals surface area (Å²) in [6.07, 6.45) is 4.29. The van der Waals surface area contributed by atoms with Gasteiger partial charge in [0.1, 0.15) is 5.69 Å². The quantitative estimate of drug-likeness (QED) is 0.652. The normalized spacial score (nSPS) is 21.3. The molecule has 2 aromatic heterocycles. The van der Waals surface area contributed by atoms with Gasteiger partial charge in [-0.05, 0) is 18.2 Å². The molecule has 1 fully saturated rings. The molecule has 2 N–H and O–H groups in total. The molecule has 0 aliphatic carbocycles. The van der Waals surface area contributed by atoms with Crippen LogP contribution in [0.1, 0.15) is 6.42 Å². The van der Waals surface area contributed by atoms with Gasteiger partial charge in [0.25, 0.3) is 5.91 Å². The summed E-state index contributed by atoms with van der Waals surface area (Å²) in [6, 6.07) is 9.49. The number of nitrogens with one attached hydrogen (secondary N) is 2. The number of carbonyl (C=O) groups excluding carboxylic acids is 1. The molecule has 1 atom stereocenters. The number of likely N-dealkylation sites (tertiary alicyclic amines) is 1. The molecule has 1 spiro atoms. The highest BCUT2D eigenvalue weighted by atomic mass is 16.5. The van der Waals surface area contributed by atoms with E-state index in [1.54, 1.807) is 12.3 Å². The summed E-state index contributed by atoms with van der Waals surface area (Å²) in [4.78, 5) is 18.7. The van der Waals surface area contributed by atoms with Gasteiger partial charge in [0, 0.05) is 23.9 Å². The van der Waals surface area contributed by atoms with Crippen molar-refractivity contribution in [1.82, 2.24) is 20.1 Å². The number of ether oxygens (including phenoxy) is 1. The Morgan fingerprint density at radius 1 is 1.31 bits per heavy atom. The lowest BCUT2D eigenvalue weighted by Gasteiger charge is -2.33. The minimum absolute atomic E-state index is 0.228. The molecule has 1 unspecified atom stereocenters. The maximum atomic E-state index is 12.5. The van der Waals surface area contributed by atoms with Crippen LogP contribution in [0.15, 0.2) is 36.5 Å². The summed E-state index contributed by atoms with van der Waals surface area (Å²) in [5.41, 5.74) is 2.07. The number of aromatic nitrogens is 3. The van der Waals surface area contributed by atoms with Gasteiger partial charge in [0.15, 0.2) is 6.19 Å². The summed E-state index contributed by atoms with van der Waals surface area (Å²) < 4.78 is 6.04. The number of pyridine rings is 1. The van der Waals surface area contributed by atoms with E-state index in [1.165, 1.54) is 4.90 Å². The van der Waals surface area contributed by atoms with Crippen LogP contribution in [0.25, 0.3) is 22.2 Å². The molecule has 1 aromatic carbocycles. The highest BCUT2D eigenvalue weighted by Gasteiger charge is 2.50. The van der Waals surface area contributed by atoms with Crippen LogP contribution in [-0.4, -0.2) is 44.7 Å². The Hall–Kier alpha value is -3.60. The lowest BCUT2D eigenvalue weighted by molar-refractivity contribution is -0.131. The number of nitrogens with zero attached hydrogens (tertiary/aromatic N) is 4. The Morgan fingerprint density at radius 3 is 3.08 bits per heavy atom. The lowest BCUT2D eigenvalue weighted by Crippen LogP contribution is -2.52. The van der Waals surface area contributed by atoms with Gasteiger partial charge < -0.3 is 15.0 Å². The largest absolute Gasteiger partial charge is 0.457 e. The zero-order valence-electron chi connectivity index (χ0n) is 13.7. The second-order valence-corrected chi connectivity index (χ2v) is 6.51. The van der Waals surface area contributed by atoms with E-state index < -0.39 is 5.60 Å². The van der Waals surface area contributed by atoms with E-state index in [1.807, 2.05) is 24.3 Å². The number of amides is 1. The van der Waals surface area contributed by atoms with Gasteiger partial charge in [0.05, 0.1) is 24.0 Å². The zero-order chi connectivity index (χ0) is 17.7. The Balaban J connectivity index is 1.57. The van der Waals surface area contributed by atoms with Crippen molar-refractivity contribution in [2.45, 2.75) is 12.0 Å². The summed E-state index contributed by atoms with van der Waals surface area (Å²) in [7, 11) is 0. The molecule has 1 amide bonds. The van der Waals surface area contributed by atoms with E-state index in [-0.39, 0.29) is 12.5 Å². The van der Waals surface area contributed by atoms with Crippen molar-refractivity contribution in [3.8, 4) is 23.3 Å². The minimum Gasteiger partial charge on any atom is -0.457 e. The molecule has 4 heterocycles. The first-order chi connectivity index (χ1) is 12.7. The third kappa shape index (κ3) is 2.04. The summed E-state index contributed by atoms with van der Waals surface area (Å²) in [5, 5.41) is 20.0. The number of hydrogen-bond acceptors (Lipinski definition) is 6. The van der Waals surface area contributed by atoms with Crippen LogP contribution in [-0.2, 0) is 4.79 Å². The molecule has 2 aliphatic heterocycles. The molecule has 0 bridgehead atoms. The lowest BCUT2D eigenvalue weighted by atomic mass is 10.00. The van der Waals surface area contributed by atoms with Crippen LogP contribution in [0, 0.1) is 11.5 Å². The predicted octanol–water partition coefficient (Wildman–Crippen LogP) is 1.88. The van der Waals surface area contributed by atoms with Gasteiger partial charge in [-0.1, -0.05) is 12.1 Å². The first kappa shape index (κ1) is 14.7. The van der Waals surface area contributed by atoms with Gasteiger partial charge in [-0.2, -0.15) is 10.4 Å². The van der Waals surface area contributed by atoms with E-state index in [0.29, 0.717) is 24.5 Å². The van der Waals surface area contributed by atoms with Crippen LogP contribution in [0.2, 0.25) is 0 Å². The van der Waals surface area contributed by atoms with Crippen molar-refractivity contribution in [2.75, 3.05) is 18.4 Å². The molecule has 26 heavy (non-hydrogen) atoms. The number of anilines is 1. The second kappa shape index (κ2) is 5.20. The molecule has 0 saturated carbocycles. The third-order valence-electron chi connectivity index (χ3n) is 4.95. The van der Waals surface area contributed by atoms with Crippen molar-refractivity contribution in [3.63, 3.8) is 0 Å². The molecular formula is C18H14N6O2. The molecule has 1 saturated heterocycles. The van der Waals surface area contributed by atoms with E-state index >= 15 is 0 Å². The maximum absolute atomic E-state index is 12.5. The summed E-state index contributed by atoms with van der Waals surface area (Å²) in [5.74, 6) is 0.150. The van der Waals surface area contributed by atoms with Crippen LogP contribution in [0.3, 0.4) is 0 Å². The highest BCUT2D eigenvalue weighted by Crippen LogP contribution is 2.38. The number of benzene rings is 1. The van der Waals surface area contributed by atoms with Crippen LogP contribution >= 0.6 is 0 Å². The molecule has 5 rings (SSSR count). The smallest absolute Gasteiger partial charge is 0.270 e. The van der Waals surface area contributed by atoms with Gasteiger partial charge in [0.2, 0.25) is 11.5 Å². The van der Waals surface area contributed by atoms with Crippen molar-refractivity contribution < 1.29 is 9.53 Å². The Labute approximate surface area is 148 Å². The van der Waals surface area contributed by atoms with E-state index in [9.17, 15) is 4.79 Å². The number of hydrogen-bond donors (Lipinski definition) is 2. The SMILES string of the molecule is N#CN1CCC2(C1)Oc1nc(-c3cccc4[nH]ncc34)ccc1NC2=O. The number of carbonyl (C=O) groups is 1. The molecule has 0 radical (unpaired) electrons. The third-order valence-corrected chi connectivity index (χ3v) is 4.95. The van der Waals surface area contributed by atoms with Gasteiger partial charge in [-0.25, -0.2) is 4.98 Å². The second-order valence-electron chi connectivity index (χ2n) is 6.51. The Kier molecular flexibility index (Phi) is 2.94. The maximum Gasteiger partial charge on any atom is 0.270 e. The average molecular weight is 346 g/mol. The Bertz CT molecular complexity index is 1080. The molecular weight excluding hydrogens is 332 g/mol. The number of rotatable bonds is 1. The zero-order valence-corrected chi connectivity index (χ0v) is 13.7. The number of H-pyrrole nitrogens is 1. The van der Waals surface area contributed by atoms with Gasteiger partial charge in [-0.15, -0.1) is 0 Å². The van der Waals surface area contributed by atoms with E-state index in [0.717, 1.165) is 22.2 Å². The van der Waals surface area contributed by atoms with Crippen LogP contribution < -0.4 is 10.1 Å². The van der Waals surface area contributed by atoms with Crippen molar-refractivity contribution in [3.05, 3.63) is 36.5 Å². The van der Waals surface area contributed by atoms with Crippen molar-refractivity contribution in [2.24, 2.45) is 0 Å². The fraction of sp³-hybridized carbons (Fsp3) is 0.222.